The Morgan fingerprint density at radius 1 is 1.20 bits per heavy atom. The molecule has 1 N–H and O–H groups in total. The van der Waals surface area contributed by atoms with Crippen molar-refractivity contribution in [1.29, 1.82) is 0 Å². The van der Waals surface area contributed by atoms with Gasteiger partial charge in [0.15, 0.2) is 11.5 Å². The molecule has 5 nitrogen and oxygen atoms in total. The summed E-state index contributed by atoms with van der Waals surface area (Å²) in [6, 6.07) is 5.61. The molecular formula is C15H23NO4. The molecule has 0 aliphatic carbocycles. The first-order valence-corrected chi connectivity index (χ1v) is 6.95. The Bertz CT molecular complexity index is 422. The first kappa shape index (κ1) is 14.9. The first-order chi connectivity index (χ1) is 9.69. The van der Waals surface area contributed by atoms with Crippen molar-refractivity contribution in [2.24, 2.45) is 5.92 Å². The Morgan fingerprint density at radius 2 is 2.00 bits per heavy atom. The molecule has 1 aromatic rings. The summed E-state index contributed by atoms with van der Waals surface area (Å²) in [5.41, 5.74) is 0. The fourth-order valence-electron chi connectivity index (χ4n) is 2.00. The van der Waals surface area contributed by atoms with Crippen LogP contribution in [-0.2, 0) is 4.74 Å². The third kappa shape index (κ3) is 4.28. The largest absolute Gasteiger partial charge is 0.487 e. The van der Waals surface area contributed by atoms with Crippen LogP contribution in [0.25, 0.3) is 0 Å². The highest BCUT2D eigenvalue weighted by Crippen LogP contribution is 2.35. The smallest absolute Gasteiger partial charge is 0.231 e. The third-order valence-corrected chi connectivity index (χ3v) is 2.92. The van der Waals surface area contributed by atoms with E-state index in [0.717, 1.165) is 30.3 Å². The standard InChI is InChI=1S/C15H23NO4/c1-11(2)7-16-8-13(9-17-3)20-12-4-5-14-15(6-12)19-10-18-14/h4-6,11,13,16H,7-10H2,1-3H3. The lowest BCUT2D eigenvalue weighted by Gasteiger charge is -2.19. The molecule has 2 rings (SSSR count). The summed E-state index contributed by atoms with van der Waals surface area (Å²) in [5, 5.41) is 3.38. The zero-order chi connectivity index (χ0) is 14.4. The minimum absolute atomic E-state index is 0.0286. The van der Waals surface area contributed by atoms with E-state index in [1.54, 1.807) is 7.11 Å². The molecule has 0 spiro atoms. The zero-order valence-electron chi connectivity index (χ0n) is 12.3. The number of hydrogen-bond donors (Lipinski definition) is 1. The van der Waals surface area contributed by atoms with Gasteiger partial charge in [-0.05, 0) is 24.6 Å². The predicted octanol–water partition coefficient (Wildman–Crippen LogP) is 2.05. The average Bonchev–Trinajstić information content (AvgIpc) is 2.86. The molecular weight excluding hydrogens is 258 g/mol. The Balaban J connectivity index is 1.89. The van der Waals surface area contributed by atoms with Crippen LogP contribution in [0.15, 0.2) is 18.2 Å². The van der Waals surface area contributed by atoms with Gasteiger partial charge in [0, 0.05) is 19.7 Å². The summed E-state index contributed by atoms with van der Waals surface area (Å²) < 4.78 is 21.8. The number of methoxy groups -OCH3 is 1. The van der Waals surface area contributed by atoms with Gasteiger partial charge in [0.2, 0.25) is 6.79 Å². The van der Waals surface area contributed by atoms with E-state index in [2.05, 4.69) is 19.2 Å². The van der Waals surface area contributed by atoms with E-state index >= 15 is 0 Å². The number of benzene rings is 1. The van der Waals surface area contributed by atoms with Crippen molar-refractivity contribution in [2.75, 3.05) is 33.6 Å². The second kappa shape index (κ2) is 7.36. The Morgan fingerprint density at radius 3 is 2.75 bits per heavy atom. The van der Waals surface area contributed by atoms with Crippen LogP contribution < -0.4 is 19.5 Å². The minimum Gasteiger partial charge on any atom is -0.487 e. The quantitative estimate of drug-likeness (QED) is 0.790. The number of ether oxygens (including phenoxy) is 4. The normalized spacial score (nSPS) is 14.6. The topological polar surface area (TPSA) is 49.0 Å². The predicted molar refractivity (Wildman–Crippen MR) is 76.6 cm³/mol. The van der Waals surface area contributed by atoms with Crippen molar-refractivity contribution in [3.8, 4) is 17.2 Å². The SMILES string of the molecule is COCC(CNCC(C)C)Oc1ccc2c(c1)OCO2. The molecule has 0 bridgehead atoms. The van der Waals surface area contributed by atoms with E-state index in [1.807, 2.05) is 18.2 Å². The molecule has 0 saturated heterocycles. The fraction of sp³-hybridized carbons (Fsp3) is 0.600. The lowest BCUT2D eigenvalue weighted by molar-refractivity contribution is 0.0801. The fourth-order valence-corrected chi connectivity index (χ4v) is 2.00. The second-order valence-corrected chi connectivity index (χ2v) is 5.26. The van der Waals surface area contributed by atoms with Gasteiger partial charge in [-0.1, -0.05) is 13.8 Å². The Hall–Kier alpha value is -1.46. The molecule has 0 aromatic heterocycles. The summed E-state index contributed by atoms with van der Waals surface area (Å²) in [6.45, 7) is 6.88. The van der Waals surface area contributed by atoms with E-state index in [1.165, 1.54) is 0 Å². The molecule has 20 heavy (non-hydrogen) atoms. The number of hydrogen-bond acceptors (Lipinski definition) is 5. The van der Waals surface area contributed by atoms with Crippen molar-refractivity contribution in [3.05, 3.63) is 18.2 Å². The maximum absolute atomic E-state index is 5.94. The van der Waals surface area contributed by atoms with Gasteiger partial charge in [-0.3, -0.25) is 0 Å². The lowest BCUT2D eigenvalue weighted by Crippen LogP contribution is -2.36. The average molecular weight is 281 g/mol. The number of rotatable bonds is 8. The van der Waals surface area contributed by atoms with Gasteiger partial charge in [0.1, 0.15) is 11.9 Å². The van der Waals surface area contributed by atoms with E-state index in [4.69, 9.17) is 18.9 Å². The lowest BCUT2D eigenvalue weighted by atomic mass is 10.2. The molecule has 1 aliphatic heterocycles. The van der Waals surface area contributed by atoms with Crippen molar-refractivity contribution in [2.45, 2.75) is 20.0 Å². The molecule has 1 aromatic carbocycles. The van der Waals surface area contributed by atoms with Crippen LogP contribution in [0.4, 0.5) is 0 Å². The zero-order valence-corrected chi connectivity index (χ0v) is 12.3. The molecule has 0 fully saturated rings. The van der Waals surface area contributed by atoms with Crippen LogP contribution >= 0.6 is 0 Å². The van der Waals surface area contributed by atoms with Gasteiger partial charge in [-0.15, -0.1) is 0 Å². The van der Waals surface area contributed by atoms with E-state index < -0.39 is 0 Å². The molecule has 0 amide bonds. The van der Waals surface area contributed by atoms with Crippen molar-refractivity contribution in [1.82, 2.24) is 5.32 Å². The third-order valence-electron chi connectivity index (χ3n) is 2.92. The molecule has 1 heterocycles. The van der Waals surface area contributed by atoms with Crippen molar-refractivity contribution < 1.29 is 18.9 Å². The van der Waals surface area contributed by atoms with Gasteiger partial charge < -0.3 is 24.3 Å². The van der Waals surface area contributed by atoms with Gasteiger partial charge in [0.05, 0.1) is 6.61 Å². The van der Waals surface area contributed by atoms with Crippen LogP contribution in [0.3, 0.4) is 0 Å². The monoisotopic (exact) mass is 281 g/mol. The molecule has 1 unspecified atom stereocenters. The van der Waals surface area contributed by atoms with Crippen LogP contribution in [0, 0.1) is 5.92 Å². The number of nitrogens with one attached hydrogen (secondary N) is 1. The molecule has 0 radical (unpaired) electrons. The highest BCUT2D eigenvalue weighted by molar-refractivity contribution is 5.46. The number of fused-ring (bicyclic) bond motifs is 1. The molecule has 0 saturated carbocycles. The summed E-state index contributed by atoms with van der Waals surface area (Å²) in [6.07, 6.45) is -0.0286. The maximum atomic E-state index is 5.94. The van der Waals surface area contributed by atoms with Crippen LogP contribution in [-0.4, -0.2) is 39.7 Å². The van der Waals surface area contributed by atoms with Crippen molar-refractivity contribution in [3.63, 3.8) is 0 Å². The minimum atomic E-state index is -0.0286. The van der Waals surface area contributed by atoms with E-state index in [9.17, 15) is 0 Å². The van der Waals surface area contributed by atoms with Gasteiger partial charge in [-0.25, -0.2) is 0 Å². The van der Waals surface area contributed by atoms with Crippen LogP contribution in [0.5, 0.6) is 17.2 Å². The molecule has 112 valence electrons. The maximum Gasteiger partial charge on any atom is 0.231 e. The highest BCUT2D eigenvalue weighted by atomic mass is 16.7. The summed E-state index contributed by atoms with van der Waals surface area (Å²) in [5.74, 6) is 2.87. The van der Waals surface area contributed by atoms with Crippen LogP contribution in [0.2, 0.25) is 0 Å². The summed E-state index contributed by atoms with van der Waals surface area (Å²) in [7, 11) is 1.68. The van der Waals surface area contributed by atoms with Gasteiger partial charge in [-0.2, -0.15) is 0 Å². The summed E-state index contributed by atoms with van der Waals surface area (Å²) in [4.78, 5) is 0. The Kier molecular flexibility index (Phi) is 5.49. The molecule has 1 atom stereocenters. The molecule has 5 heteroatoms. The molecule has 1 aliphatic rings. The second-order valence-electron chi connectivity index (χ2n) is 5.26. The van der Waals surface area contributed by atoms with Gasteiger partial charge >= 0.3 is 0 Å². The van der Waals surface area contributed by atoms with E-state index in [-0.39, 0.29) is 12.9 Å². The highest BCUT2D eigenvalue weighted by Gasteiger charge is 2.16. The van der Waals surface area contributed by atoms with Crippen LogP contribution in [0.1, 0.15) is 13.8 Å². The van der Waals surface area contributed by atoms with E-state index in [0.29, 0.717) is 12.5 Å². The van der Waals surface area contributed by atoms with Crippen molar-refractivity contribution >= 4 is 0 Å². The van der Waals surface area contributed by atoms with Gasteiger partial charge in [0.25, 0.3) is 0 Å². The Labute approximate surface area is 120 Å². The first-order valence-electron chi connectivity index (χ1n) is 6.95. The summed E-state index contributed by atoms with van der Waals surface area (Å²) >= 11 is 0.